The third-order valence-electron chi connectivity index (χ3n) is 3.11. The second kappa shape index (κ2) is 5.16. The van der Waals surface area contributed by atoms with Crippen molar-refractivity contribution in [3.63, 3.8) is 0 Å². The highest BCUT2D eigenvalue weighted by Crippen LogP contribution is 2.15. The number of nitrogens with one attached hydrogen (secondary N) is 1. The predicted molar refractivity (Wildman–Crippen MR) is 74.4 cm³/mol. The van der Waals surface area contributed by atoms with Gasteiger partial charge < -0.3 is 5.32 Å². The van der Waals surface area contributed by atoms with E-state index < -0.39 is 0 Å². The van der Waals surface area contributed by atoms with Crippen molar-refractivity contribution >= 4 is 15.9 Å². The first-order valence-electron chi connectivity index (χ1n) is 6.10. The van der Waals surface area contributed by atoms with Crippen molar-refractivity contribution in [1.29, 1.82) is 0 Å². The highest BCUT2D eigenvalue weighted by Gasteiger charge is 2.11. The van der Waals surface area contributed by atoms with Crippen LogP contribution in [0.5, 0.6) is 0 Å². The van der Waals surface area contributed by atoms with Crippen LogP contribution in [0.1, 0.15) is 22.6 Å². The van der Waals surface area contributed by atoms with Crippen molar-refractivity contribution in [1.82, 2.24) is 15.3 Å². The summed E-state index contributed by atoms with van der Waals surface area (Å²) in [6.07, 6.45) is 3.76. The fourth-order valence-electron chi connectivity index (χ4n) is 2.19. The zero-order chi connectivity index (χ0) is 12.4. The summed E-state index contributed by atoms with van der Waals surface area (Å²) in [5, 5.41) is 3.33. The number of nitrogens with zero attached hydrogens (tertiary/aromatic N) is 2. The molecule has 18 heavy (non-hydrogen) atoms. The van der Waals surface area contributed by atoms with E-state index in [4.69, 9.17) is 0 Å². The molecule has 2 heterocycles. The molecule has 0 atom stereocenters. The van der Waals surface area contributed by atoms with E-state index in [0.29, 0.717) is 0 Å². The van der Waals surface area contributed by atoms with Gasteiger partial charge in [0.2, 0.25) is 0 Å². The van der Waals surface area contributed by atoms with E-state index in [9.17, 15) is 0 Å². The third kappa shape index (κ3) is 2.60. The average molecular weight is 304 g/mol. The van der Waals surface area contributed by atoms with Gasteiger partial charge in [-0.3, -0.25) is 0 Å². The Bertz CT molecular complexity index is 569. The van der Waals surface area contributed by atoms with Crippen LogP contribution in [0.25, 0.3) is 0 Å². The van der Waals surface area contributed by atoms with E-state index in [1.807, 2.05) is 18.3 Å². The first-order valence-corrected chi connectivity index (χ1v) is 6.89. The summed E-state index contributed by atoms with van der Waals surface area (Å²) < 4.78 is 1.10. The molecule has 0 unspecified atom stereocenters. The van der Waals surface area contributed by atoms with Gasteiger partial charge in [-0.2, -0.15) is 0 Å². The van der Waals surface area contributed by atoms with E-state index in [-0.39, 0.29) is 0 Å². The maximum atomic E-state index is 4.67. The van der Waals surface area contributed by atoms with Crippen molar-refractivity contribution in [2.24, 2.45) is 0 Å². The number of benzene rings is 1. The van der Waals surface area contributed by atoms with E-state index >= 15 is 0 Å². The van der Waals surface area contributed by atoms with Crippen LogP contribution in [0.15, 0.2) is 34.9 Å². The maximum absolute atomic E-state index is 4.67. The smallest absolute Gasteiger partial charge is 0.132 e. The van der Waals surface area contributed by atoms with Crippen LogP contribution < -0.4 is 5.32 Å². The molecule has 0 saturated heterocycles. The van der Waals surface area contributed by atoms with Crippen LogP contribution in [-0.2, 0) is 19.4 Å². The lowest BCUT2D eigenvalue weighted by Gasteiger charge is -2.16. The number of hydrogen-bond donors (Lipinski definition) is 1. The summed E-state index contributed by atoms with van der Waals surface area (Å²) in [5.74, 6) is 0.911. The average Bonchev–Trinajstić information content (AvgIpc) is 2.39. The third-order valence-corrected chi connectivity index (χ3v) is 3.60. The van der Waals surface area contributed by atoms with Crippen molar-refractivity contribution in [3.05, 3.63) is 57.6 Å². The van der Waals surface area contributed by atoms with Crippen molar-refractivity contribution in [3.8, 4) is 0 Å². The molecule has 1 aromatic carbocycles. The number of hydrogen-bond acceptors (Lipinski definition) is 3. The Balaban J connectivity index is 1.85. The molecule has 92 valence electrons. The summed E-state index contributed by atoms with van der Waals surface area (Å²) in [4.78, 5) is 9.12. The quantitative estimate of drug-likeness (QED) is 0.926. The van der Waals surface area contributed by atoms with Crippen LogP contribution in [0.3, 0.4) is 0 Å². The van der Waals surface area contributed by atoms with E-state index in [2.05, 4.69) is 43.3 Å². The van der Waals surface area contributed by atoms with Gasteiger partial charge in [0.15, 0.2) is 0 Å². The lowest BCUT2D eigenvalue weighted by Crippen LogP contribution is -2.25. The summed E-state index contributed by atoms with van der Waals surface area (Å²) in [6, 6.07) is 8.30. The van der Waals surface area contributed by atoms with Crippen LogP contribution >= 0.6 is 15.9 Å². The molecule has 1 N–H and O–H groups in total. The Kier molecular flexibility index (Phi) is 3.39. The van der Waals surface area contributed by atoms with Crippen molar-refractivity contribution in [2.75, 3.05) is 6.54 Å². The second-order valence-corrected chi connectivity index (χ2v) is 5.41. The van der Waals surface area contributed by atoms with Crippen LogP contribution in [-0.4, -0.2) is 16.5 Å². The minimum absolute atomic E-state index is 0.792. The summed E-state index contributed by atoms with van der Waals surface area (Å²) in [6.45, 7) is 1.91. The molecule has 1 aliphatic rings. The van der Waals surface area contributed by atoms with Gasteiger partial charge in [-0.05, 0) is 17.7 Å². The minimum Gasteiger partial charge on any atom is -0.312 e. The molecule has 0 fully saturated rings. The van der Waals surface area contributed by atoms with Crippen molar-refractivity contribution < 1.29 is 0 Å². The van der Waals surface area contributed by atoms with E-state index in [1.54, 1.807) is 0 Å². The molecule has 3 rings (SSSR count). The molecule has 1 aliphatic heterocycles. The Hall–Kier alpha value is -1.26. The van der Waals surface area contributed by atoms with Crippen LogP contribution in [0.4, 0.5) is 0 Å². The van der Waals surface area contributed by atoms with Gasteiger partial charge in [0.05, 0.1) is 0 Å². The zero-order valence-corrected chi connectivity index (χ0v) is 11.6. The standard InChI is InChI=1S/C14H14BrN3/c15-12-3-1-2-10(6-12)7-14-17-9-11-8-16-5-4-13(11)18-14/h1-3,6,9,16H,4-5,7-8H2. The fraction of sp³-hybridized carbons (Fsp3) is 0.286. The Morgan fingerprint density at radius 2 is 2.28 bits per heavy atom. The van der Waals surface area contributed by atoms with Gasteiger partial charge in [0.25, 0.3) is 0 Å². The van der Waals surface area contributed by atoms with Gasteiger partial charge in [-0.15, -0.1) is 0 Å². The molecule has 2 aromatic rings. The number of aromatic nitrogens is 2. The van der Waals surface area contributed by atoms with Gasteiger partial charge in [-0.1, -0.05) is 28.1 Å². The van der Waals surface area contributed by atoms with Gasteiger partial charge in [-0.25, -0.2) is 9.97 Å². The van der Waals surface area contributed by atoms with Crippen LogP contribution in [0.2, 0.25) is 0 Å². The largest absolute Gasteiger partial charge is 0.312 e. The monoisotopic (exact) mass is 303 g/mol. The molecule has 0 amide bonds. The molecule has 0 aliphatic carbocycles. The molecule has 3 nitrogen and oxygen atoms in total. The summed E-state index contributed by atoms with van der Waals surface area (Å²) in [7, 11) is 0. The number of fused-ring (bicyclic) bond motifs is 1. The van der Waals surface area contributed by atoms with Crippen LogP contribution in [0, 0.1) is 0 Å². The maximum Gasteiger partial charge on any atom is 0.132 e. The SMILES string of the molecule is Brc1cccc(Cc2ncc3c(n2)CCNC3)c1. The van der Waals surface area contributed by atoms with E-state index in [0.717, 1.165) is 36.2 Å². The molecule has 0 saturated carbocycles. The number of halogens is 1. The molecule has 0 radical (unpaired) electrons. The fourth-order valence-corrected chi connectivity index (χ4v) is 2.64. The first kappa shape index (κ1) is 11.8. The topological polar surface area (TPSA) is 37.8 Å². The molecule has 4 heteroatoms. The Morgan fingerprint density at radius 1 is 1.33 bits per heavy atom. The lowest BCUT2D eigenvalue weighted by atomic mass is 10.1. The summed E-state index contributed by atoms with van der Waals surface area (Å²) >= 11 is 3.49. The van der Waals surface area contributed by atoms with Gasteiger partial charge >= 0.3 is 0 Å². The highest BCUT2D eigenvalue weighted by atomic mass is 79.9. The minimum atomic E-state index is 0.792. The molecule has 1 aromatic heterocycles. The molecular weight excluding hydrogens is 290 g/mol. The molecule has 0 spiro atoms. The Labute approximate surface area is 115 Å². The highest BCUT2D eigenvalue weighted by molar-refractivity contribution is 9.10. The summed E-state index contributed by atoms with van der Waals surface area (Å²) in [5.41, 5.74) is 3.67. The second-order valence-electron chi connectivity index (χ2n) is 4.49. The van der Waals surface area contributed by atoms with Crippen molar-refractivity contribution in [2.45, 2.75) is 19.4 Å². The first-order chi connectivity index (χ1) is 8.81. The zero-order valence-electron chi connectivity index (χ0n) is 9.99. The normalized spacial score (nSPS) is 14.3. The lowest BCUT2D eigenvalue weighted by molar-refractivity contribution is 0.621. The predicted octanol–water partition coefficient (Wildman–Crippen LogP) is 2.48. The Morgan fingerprint density at radius 3 is 3.17 bits per heavy atom. The van der Waals surface area contributed by atoms with E-state index in [1.165, 1.54) is 16.8 Å². The molecular formula is C14H14BrN3. The van der Waals surface area contributed by atoms with Gasteiger partial charge in [0, 0.05) is 47.9 Å². The number of rotatable bonds is 2. The molecule has 0 bridgehead atoms. The van der Waals surface area contributed by atoms with Gasteiger partial charge in [0.1, 0.15) is 5.82 Å².